The molecular weight excluding hydrogens is 278 g/mol. The zero-order chi connectivity index (χ0) is 14.5. The predicted octanol–water partition coefficient (Wildman–Crippen LogP) is -0.696. The summed E-state index contributed by atoms with van der Waals surface area (Å²) in [6.07, 6.45) is -1.40. The summed E-state index contributed by atoms with van der Waals surface area (Å²) in [7, 11) is 1.80. The quantitative estimate of drug-likeness (QED) is 0.579. The van der Waals surface area contributed by atoms with Gasteiger partial charge in [-0.2, -0.15) is 16.4 Å². The molecule has 0 heterocycles. The minimum Gasteiger partial charge on any atom is -0.582 e. The molecule has 0 bridgehead atoms. The van der Waals surface area contributed by atoms with Gasteiger partial charge in [0.1, 0.15) is 0 Å². The van der Waals surface area contributed by atoms with Crippen molar-refractivity contribution in [3.8, 4) is 0 Å². The summed E-state index contributed by atoms with van der Waals surface area (Å²) in [6, 6.07) is 31.4. The molecule has 0 saturated heterocycles. The molecule has 0 aliphatic carbocycles. The summed E-state index contributed by atoms with van der Waals surface area (Å²) in [5, 5.41) is 0. The van der Waals surface area contributed by atoms with E-state index in [9.17, 15) is 0 Å². The Morgan fingerprint density at radius 1 is 0.545 bits per heavy atom. The first-order chi connectivity index (χ1) is 10.4. The molecule has 3 aromatic rings. The van der Waals surface area contributed by atoms with Crippen molar-refractivity contribution in [3.05, 3.63) is 91.0 Å². The second-order valence-corrected chi connectivity index (χ2v) is 5.25. The molecule has 0 aliphatic rings. The summed E-state index contributed by atoms with van der Waals surface area (Å²) in [5.74, 6) is 0. The summed E-state index contributed by atoms with van der Waals surface area (Å²) in [6.45, 7) is 0. The Kier molecular flexibility index (Phi) is 6.04. The number of hydrogen-bond acceptors (Lipinski definition) is 1. The van der Waals surface area contributed by atoms with Crippen LogP contribution in [-0.2, 0) is 4.65 Å². The topological polar surface area (TPSA) is 9.23 Å². The molecular formula is C19H18BNaO. The van der Waals surface area contributed by atoms with Crippen LogP contribution in [0, 0.1) is 0 Å². The van der Waals surface area contributed by atoms with Gasteiger partial charge >= 0.3 is 29.6 Å². The van der Waals surface area contributed by atoms with Crippen molar-refractivity contribution in [2.75, 3.05) is 7.11 Å². The van der Waals surface area contributed by atoms with E-state index in [0.29, 0.717) is 0 Å². The van der Waals surface area contributed by atoms with E-state index in [1.165, 1.54) is 16.4 Å². The third kappa shape index (κ3) is 3.06. The molecule has 22 heavy (non-hydrogen) atoms. The minimum atomic E-state index is -1.40. The maximum atomic E-state index is 6.16. The first kappa shape index (κ1) is 17.0. The van der Waals surface area contributed by atoms with E-state index >= 15 is 0 Å². The third-order valence-corrected chi connectivity index (χ3v) is 4.16. The van der Waals surface area contributed by atoms with Crippen LogP contribution in [0.15, 0.2) is 91.0 Å². The number of benzene rings is 3. The molecule has 1 nitrogen and oxygen atoms in total. The first-order valence-corrected chi connectivity index (χ1v) is 7.24. The third-order valence-electron chi connectivity index (χ3n) is 4.16. The molecule has 3 aromatic carbocycles. The molecule has 0 amide bonds. The Balaban J connectivity index is 0.00000176. The Hall–Kier alpha value is -1.32. The van der Waals surface area contributed by atoms with E-state index in [2.05, 4.69) is 72.8 Å². The molecule has 104 valence electrons. The summed E-state index contributed by atoms with van der Waals surface area (Å²) >= 11 is 0. The molecule has 0 unspecified atom stereocenters. The van der Waals surface area contributed by atoms with Crippen LogP contribution >= 0.6 is 0 Å². The van der Waals surface area contributed by atoms with Crippen molar-refractivity contribution in [1.29, 1.82) is 0 Å². The molecule has 0 fully saturated rings. The normalized spacial score (nSPS) is 10.8. The number of rotatable bonds is 4. The van der Waals surface area contributed by atoms with Gasteiger partial charge in [0.25, 0.3) is 0 Å². The van der Waals surface area contributed by atoms with E-state index in [1.54, 1.807) is 7.11 Å². The van der Waals surface area contributed by atoms with E-state index in [4.69, 9.17) is 4.65 Å². The van der Waals surface area contributed by atoms with E-state index < -0.39 is 6.35 Å². The molecule has 0 atom stereocenters. The molecule has 0 aliphatic heterocycles. The fourth-order valence-corrected chi connectivity index (χ4v) is 3.16. The van der Waals surface area contributed by atoms with Crippen LogP contribution in [0.2, 0.25) is 0 Å². The molecule has 0 N–H and O–H groups in total. The van der Waals surface area contributed by atoms with Gasteiger partial charge in [-0.3, -0.25) is 0 Å². The second kappa shape index (κ2) is 7.80. The van der Waals surface area contributed by atoms with Crippen LogP contribution in [0.3, 0.4) is 0 Å². The van der Waals surface area contributed by atoms with Crippen LogP contribution in [0.1, 0.15) is 0 Å². The molecule has 3 rings (SSSR count). The Bertz CT molecular complexity index is 590. The molecule has 0 spiro atoms. The molecule has 0 radical (unpaired) electrons. The zero-order valence-corrected chi connectivity index (χ0v) is 15.1. The van der Waals surface area contributed by atoms with Crippen LogP contribution in [-0.4, -0.2) is 13.5 Å². The van der Waals surface area contributed by atoms with Gasteiger partial charge in [-0.1, -0.05) is 91.0 Å². The summed E-state index contributed by atoms with van der Waals surface area (Å²) in [5.41, 5.74) is 3.58. The van der Waals surface area contributed by atoms with E-state index in [0.717, 1.165) is 0 Å². The van der Waals surface area contributed by atoms with Gasteiger partial charge in [-0.15, -0.1) is 0 Å². The molecule has 3 heteroatoms. The van der Waals surface area contributed by atoms with Crippen LogP contribution in [0.4, 0.5) is 0 Å². The first-order valence-electron chi connectivity index (χ1n) is 7.24. The van der Waals surface area contributed by atoms with Crippen molar-refractivity contribution in [2.45, 2.75) is 0 Å². The van der Waals surface area contributed by atoms with Gasteiger partial charge in [0.2, 0.25) is 0 Å². The summed E-state index contributed by atoms with van der Waals surface area (Å²) in [4.78, 5) is 0. The van der Waals surface area contributed by atoms with Gasteiger partial charge in [-0.25, -0.2) is 0 Å². The van der Waals surface area contributed by atoms with E-state index in [1.807, 2.05) is 18.2 Å². The van der Waals surface area contributed by atoms with Crippen LogP contribution < -0.4 is 45.9 Å². The average molecular weight is 296 g/mol. The van der Waals surface area contributed by atoms with Gasteiger partial charge in [0.15, 0.2) is 6.35 Å². The van der Waals surface area contributed by atoms with Crippen LogP contribution in [0.25, 0.3) is 0 Å². The fourth-order valence-electron chi connectivity index (χ4n) is 3.16. The minimum absolute atomic E-state index is 0. The second-order valence-electron chi connectivity index (χ2n) is 5.25. The predicted molar refractivity (Wildman–Crippen MR) is 91.0 cm³/mol. The van der Waals surface area contributed by atoms with Crippen molar-refractivity contribution in [2.24, 2.45) is 0 Å². The molecule has 0 aromatic heterocycles. The Labute approximate surface area is 154 Å². The standard InChI is InChI=1S/C19H18BO.Na/c1-21-20(17-11-5-2-6-12-17,18-13-7-3-8-14-18)19-15-9-4-10-16-19;/h2-16H,1H3;/q-1;+1. The smallest absolute Gasteiger partial charge is 0.582 e. The van der Waals surface area contributed by atoms with Crippen molar-refractivity contribution < 1.29 is 34.2 Å². The van der Waals surface area contributed by atoms with Crippen molar-refractivity contribution in [1.82, 2.24) is 0 Å². The SMILES string of the molecule is CO[B-](c1ccccc1)(c1ccccc1)c1ccccc1.[Na+]. The Morgan fingerprint density at radius 2 is 0.818 bits per heavy atom. The monoisotopic (exact) mass is 296 g/mol. The van der Waals surface area contributed by atoms with Gasteiger partial charge < -0.3 is 4.65 Å². The van der Waals surface area contributed by atoms with E-state index in [-0.39, 0.29) is 29.6 Å². The number of hydrogen-bond donors (Lipinski definition) is 0. The zero-order valence-electron chi connectivity index (χ0n) is 13.1. The van der Waals surface area contributed by atoms with Gasteiger partial charge in [0.05, 0.1) is 0 Å². The van der Waals surface area contributed by atoms with Crippen LogP contribution in [0.5, 0.6) is 0 Å². The average Bonchev–Trinajstić information content (AvgIpc) is 2.59. The maximum absolute atomic E-state index is 6.16. The van der Waals surface area contributed by atoms with Gasteiger partial charge in [0, 0.05) is 0 Å². The van der Waals surface area contributed by atoms with Crippen molar-refractivity contribution >= 4 is 22.7 Å². The Morgan fingerprint density at radius 3 is 1.05 bits per heavy atom. The van der Waals surface area contributed by atoms with Gasteiger partial charge in [-0.05, 0) is 7.11 Å². The maximum Gasteiger partial charge on any atom is 1.00 e. The largest absolute Gasteiger partial charge is 1.00 e. The summed E-state index contributed by atoms with van der Waals surface area (Å²) < 4.78 is 6.16. The fraction of sp³-hybridized carbons (Fsp3) is 0.0526. The molecule has 0 saturated carbocycles. The van der Waals surface area contributed by atoms with Crippen molar-refractivity contribution in [3.63, 3.8) is 0 Å².